The van der Waals surface area contributed by atoms with Crippen LogP contribution in [0.3, 0.4) is 0 Å². The molecule has 312 valence electrons. The van der Waals surface area contributed by atoms with E-state index < -0.39 is 0 Å². The van der Waals surface area contributed by atoms with Gasteiger partial charge in [0.15, 0.2) is 0 Å². The second kappa shape index (κ2) is 18.5. The lowest BCUT2D eigenvalue weighted by molar-refractivity contribution is 0.310. The number of rotatable bonds is 14. The van der Waals surface area contributed by atoms with Crippen LogP contribution in [-0.4, -0.2) is 47.9 Å². The van der Waals surface area contributed by atoms with Crippen LogP contribution in [0.15, 0.2) is 143 Å². The van der Waals surface area contributed by atoms with E-state index in [0.717, 1.165) is 128 Å². The van der Waals surface area contributed by atoms with Gasteiger partial charge in [-0.05, 0) is 93.0 Å². The Balaban J connectivity index is 1.10. The van der Waals surface area contributed by atoms with Gasteiger partial charge in [0.05, 0.1) is 25.3 Å². The molecule has 0 bridgehead atoms. The van der Waals surface area contributed by atoms with Crippen LogP contribution in [-0.2, 0) is 0 Å². The molecule has 1 fully saturated rings. The van der Waals surface area contributed by atoms with Crippen LogP contribution < -0.4 is 9.47 Å². The van der Waals surface area contributed by atoms with Crippen molar-refractivity contribution < 1.29 is 19.7 Å². The highest BCUT2D eigenvalue weighted by Gasteiger charge is 2.26. The molecule has 0 unspecified atom stereocenters. The van der Waals surface area contributed by atoms with Crippen molar-refractivity contribution in [1.82, 2.24) is 0 Å². The van der Waals surface area contributed by atoms with E-state index in [2.05, 4.69) is 74.5 Å². The van der Waals surface area contributed by atoms with Crippen LogP contribution in [0.2, 0.25) is 0 Å². The molecule has 1 saturated carbocycles. The number of unbranched alkanes of at least 4 members (excludes halogenated alkanes) is 2. The lowest BCUT2D eigenvalue weighted by Crippen LogP contribution is -2.27. The third-order valence-corrected chi connectivity index (χ3v) is 12.4. The van der Waals surface area contributed by atoms with Crippen molar-refractivity contribution in [1.29, 1.82) is 0 Å². The lowest BCUT2D eigenvalue weighted by atomic mass is 9.89. The molecule has 0 aliphatic heterocycles. The van der Waals surface area contributed by atoms with E-state index in [4.69, 9.17) is 19.5 Å². The molecule has 0 saturated heterocycles. The first-order chi connectivity index (χ1) is 30.5. The van der Waals surface area contributed by atoms with E-state index in [1.165, 1.54) is 0 Å². The molecule has 0 aromatic heterocycles. The molecule has 8 aromatic rings. The third kappa shape index (κ3) is 8.10. The monoisotopic (exact) mass is 818 g/mol. The summed E-state index contributed by atoms with van der Waals surface area (Å²) in [4.78, 5) is 10.4. The number of aromatic hydroxyl groups is 2. The highest BCUT2D eigenvalue weighted by Crippen LogP contribution is 2.48. The summed E-state index contributed by atoms with van der Waals surface area (Å²) in [5, 5.41) is 32.8. The SMILES string of the molecule is CCCCOc1ccc2ccccc2c1-c1c(O)c(C=N[C@H]2CCCC[C@@H]2N=Cc2cc3ccccc3c(-c3c(OCCCC)ccc4ccccc34)c2O)cc2ccccc12. The molecule has 2 N–H and O–H groups in total. The van der Waals surface area contributed by atoms with Crippen molar-refractivity contribution >= 4 is 55.5 Å². The van der Waals surface area contributed by atoms with Gasteiger partial charge in [0.2, 0.25) is 0 Å². The molecule has 8 aromatic carbocycles. The topological polar surface area (TPSA) is 83.6 Å². The number of hydrogen-bond donors (Lipinski definition) is 2. The van der Waals surface area contributed by atoms with Gasteiger partial charge in [0.1, 0.15) is 23.0 Å². The standard InChI is InChI=1S/C56H54N2O4/c1-3-5-31-61-49-29-27-37-17-7-11-21-43(37)51(49)53-45-23-13-9-19-39(45)33-41(55(53)59)35-57-47-25-15-16-26-48(47)58-36-42-34-40-20-10-14-24-46(40)54(56(42)60)52-44-22-12-8-18-38(44)28-30-50(52)62-32-6-4-2/h7-14,17-24,27-30,33-36,47-48,59-60H,3-6,15-16,25-26,31-32H2,1-2H3/t47-,48-/m0/s1. The fourth-order valence-corrected chi connectivity index (χ4v) is 9.12. The molecule has 1 aliphatic rings. The van der Waals surface area contributed by atoms with Gasteiger partial charge in [0.25, 0.3) is 0 Å². The first-order valence-electron chi connectivity index (χ1n) is 22.4. The van der Waals surface area contributed by atoms with Gasteiger partial charge in [-0.25, -0.2) is 0 Å². The van der Waals surface area contributed by atoms with Crippen molar-refractivity contribution in [3.8, 4) is 45.3 Å². The quantitative estimate of drug-likeness (QED) is 0.0845. The van der Waals surface area contributed by atoms with Gasteiger partial charge < -0.3 is 19.7 Å². The Morgan fingerprint density at radius 1 is 0.484 bits per heavy atom. The molecule has 6 heteroatoms. The van der Waals surface area contributed by atoms with Crippen molar-refractivity contribution in [2.24, 2.45) is 9.98 Å². The van der Waals surface area contributed by atoms with E-state index in [0.29, 0.717) is 24.3 Å². The summed E-state index contributed by atoms with van der Waals surface area (Å²) in [7, 11) is 0. The second-order valence-electron chi connectivity index (χ2n) is 16.5. The molecule has 1 aliphatic carbocycles. The molecule has 6 nitrogen and oxygen atoms in total. The summed E-state index contributed by atoms with van der Waals surface area (Å²) in [6, 6.07) is 45.1. The van der Waals surface area contributed by atoms with Crippen LogP contribution in [0.25, 0.3) is 65.3 Å². The number of fused-ring (bicyclic) bond motifs is 4. The van der Waals surface area contributed by atoms with E-state index in [1.807, 2.05) is 85.2 Å². The maximum atomic E-state index is 12.3. The average Bonchev–Trinajstić information content (AvgIpc) is 3.31. The largest absolute Gasteiger partial charge is 0.507 e. The molecular formula is C56H54N2O4. The van der Waals surface area contributed by atoms with E-state index in [-0.39, 0.29) is 23.6 Å². The highest BCUT2D eigenvalue weighted by molar-refractivity contribution is 6.14. The Bertz CT molecular complexity index is 2750. The lowest BCUT2D eigenvalue weighted by Gasteiger charge is -2.26. The summed E-state index contributed by atoms with van der Waals surface area (Å²) in [6.45, 7) is 5.51. The molecule has 0 amide bonds. The zero-order valence-corrected chi connectivity index (χ0v) is 35.7. The Hall–Kier alpha value is -6.66. The van der Waals surface area contributed by atoms with Crippen LogP contribution in [0.4, 0.5) is 0 Å². The number of hydrogen-bond acceptors (Lipinski definition) is 6. The minimum atomic E-state index is -0.0986. The van der Waals surface area contributed by atoms with Crippen molar-refractivity contribution in [3.05, 3.63) is 145 Å². The molecule has 0 heterocycles. The number of ether oxygens (including phenoxy) is 2. The van der Waals surface area contributed by atoms with Crippen LogP contribution in [0, 0.1) is 0 Å². The van der Waals surface area contributed by atoms with Gasteiger partial charge in [-0.15, -0.1) is 0 Å². The zero-order chi connectivity index (χ0) is 42.4. The van der Waals surface area contributed by atoms with E-state index >= 15 is 0 Å². The zero-order valence-electron chi connectivity index (χ0n) is 35.7. The second-order valence-corrected chi connectivity index (χ2v) is 16.5. The molecule has 0 spiro atoms. The van der Waals surface area contributed by atoms with Crippen molar-refractivity contribution in [2.45, 2.75) is 77.3 Å². The predicted molar refractivity (Wildman–Crippen MR) is 259 cm³/mol. The van der Waals surface area contributed by atoms with Gasteiger partial charge in [-0.1, -0.05) is 149 Å². The van der Waals surface area contributed by atoms with Crippen molar-refractivity contribution in [3.63, 3.8) is 0 Å². The number of aliphatic imine (C=N–C) groups is 2. The molecule has 0 radical (unpaired) electrons. The number of benzene rings is 8. The summed E-state index contributed by atoms with van der Waals surface area (Å²) < 4.78 is 12.9. The van der Waals surface area contributed by atoms with Crippen molar-refractivity contribution in [2.75, 3.05) is 13.2 Å². The Labute approximate surface area is 364 Å². The minimum absolute atomic E-state index is 0.0986. The van der Waals surface area contributed by atoms with E-state index in [9.17, 15) is 10.2 Å². The third-order valence-electron chi connectivity index (χ3n) is 12.4. The van der Waals surface area contributed by atoms with E-state index in [1.54, 1.807) is 0 Å². The Kier molecular flexibility index (Phi) is 12.2. The predicted octanol–water partition coefficient (Wildman–Crippen LogP) is 14.3. The molecule has 9 rings (SSSR count). The fourth-order valence-electron chi connectivity index (χ4n) is 9.12. The number of phenolic OH excluding ortho intramolecular Hbond substituents is 2. The van der Waals surface area contributed by atoms with Crippen LogP contribution >= 0.6 is 0 Å². The fraction of sp³-hybridized carbons (Fsp3) is 0.250. The summed E-state index contributed by atoms with van der Waals surface area (Å²) in [5.41, 5.74) is 4.59. The van der Waals surface area contributed by atoms with Gasteiger partial charge in [-0.2, -0.15) is 0 Å². The maximum Gasteiger partial charge on any atom is 0.132 e. The smallest absolute Gasteiger partial charge is 0.132 e. The number of nitrogens with zero attached hydrogens (tertiary/aromatic N) is 2. The first-order valence-corrected chi connectivity index (χ1v) is 22.4. The van der Waals surface area contributed by atoms with Gasteiger partial charge in [0, 0.05) is 45.8 Å². The summed E-state index contributed by atoms with van der Waals surface area (Å²) in [6.07, 6.45) is 11.5. The molecule has 62 heavy (non-hydrogen) atoms. The Morgan fingerprint density at radius 2 is 0.855 bits per heavy atom. The maximum absolute atomic E-state index is 12.3. The Morgan fingerprint density at radius 3 is 1.26 bits per heavy atom. The molecular weight excluding hydrogens is 765 g/mol. The summed E-state index contributed by atoms with van der Waals surface area (Å²) in [5.74, 6) is 1.88. The normalized spacial score (nSPS) is 15.7. The minimum Gasteiger partial charge on any atom is -0.507 e. The van der Waals surface area contributed by atoms with Gasteiger partial charge >= 0.3 is 0 Å². The highest BCUT2D eigenvalue weighted by atomic mass is 16.5. The van der Waals surface area contributed by atoms with Gasteiger partial charge in [-0.3, -0.25) is 9.98 Å². The van der Waals surface area contributed by atoms with Crippen LogP contribution in [0.5, 0.6) is 23.0 Å². The first kappa shape index (κ1) is 40.7. The average molecular weight is 819 g/mol. The molecule has 2 atom stereocenters. The van der Waals surface area contributed by atoms with Crippen LogP contribution in [0.1, 0.15) is 76.3 Å². The summed E-state index contributed by atoms with van der Waals surface area (Å²) >= 11 is 0. The number of phenols is 2.